The topological polar surface area (TPSA) is 82.1 Å². The van der Waals surface area contributed by atoms with Gasteiger partial charge < -0.3 is 9.80 Å². The quantitative estimate of drug-likeness (QED) is 0.858. The Morgan fingerprint density at radius 1 is 1.00 bits per heavy atom. The van der Waals surface area contributed by atoms with Gasteiger partial charge in [0, 0.05) is 39.0 Å². The number of rotatable bonds is 3. The van der Waals surface area contributed by atoms with Gasteiger partial charge in [0.1, 0.15) is 5.71 Å². The molecule has 1 N–H and O–H groups in total. The third-order valence-electron chi connectivity index (χ3n) is 4.27. The molecule has 0 atom stereocenters. The Labute approximate surface area is 140 Å². The van der Waals surface area contributed by atoms with E-state index in [0.717, 1.165) is 5.56 Å². The highest BCUT2D eigenvalue weighted by Gasteiger charge is 2.28. The Balaban J connectivity index is 1.51. The number of amides is 3. The molecule has 2 aliphatic heterocycles. The lowest BCUT2D eigenvalue weighted by Gasteiger charge is -2.35. The zero-order valence-electron chi connectivity index (χ0n) is 13.4. The van der Waals surface area contributed by atoms with Crippen LogP contribution in [0.2, 0.25) is 0 Å². The number of hydrogen-bond donors (Lipinski definition) is 1. The Morgan fingerprint density at radius 3 is 2.29 bits per heavy atom. The molecule has 2 aliphatic rings. The minimum Gasteiger partial charge on any atom is -0.339 e. The lowest BCUT2D eigenvalue weighted by Crippen LogP contribution is -2.53. The van der Waals surface area contributed by atoms with Gasteiger partial charge in [0.2, 0.25) is 11.8 Å². The second kappa shape index (κ2) is 7.25. The van der Waals surface area contributed by atoms with E-state index in [1.165, 1.54) is 0 Å². The molecule has 7 nitrogen and oxygen atoms in total. The van der Waals surface area contributed by atoms with Crippen molar-refractivity contribution in [3.05, 3.63) is 35.9 Å². The van der Waals surface area contributed by atoms with Gasteiger partial charge in [0.15, 0.2) is 0 Å². The first-order valence-electron chi connectivity index (χ1n) is 8.10. The molecule has 1 saturated heterocycles. The Kier molecular flexibility index (Phi) is 4.88. The largest absolute Gasteiger partial charge is 0.339 e. The van der Waals surface area contributed by atoms with Gasteiger partial charge in [-0.05, 0) is 5.56 Å². The summed E-state index contributed by atoms with van der Waals surface area (Å²) in [6.07, 6.45) is 1.05. The second-order valence-electron chi connectivity index (χ2n) is 5.93. The highest BCUT2D eigenvalue weighted by Crippen LogP contribution is 2.10. The summed E-state index contributed by atoms with van der Waals surface area (Å²) in [7, 11) is 0. The Bertz CT molecular complexity index is 664. The van der Waals surface area contributed by atoms with Crippen LogP contribution >= 0.6 is 0 Å². The van der Waals surface area contributed by atoms with Gasteiger partial charge in [-0.2, -0.15) is 5.10 Å². The van der Waals surface area contributed by atoms with Gasteiger partial charge in [-0.25, -0.2) is 5.43 Å². The van der Waals surface area contributed by atoms with E-state index in [4.69, 9.17) is 0 Å². The van der Waals surface area contributed by atoms with Crippen molar-refractivity contribution in [3.8, 4) is 0 Å². The standard InChI is InChI=1S/C17H20N4O3/c22-15-7-6-14(18-19-15)17(24)21-10-8-20(9-11-21)16(23)12-13-4-2-1-3-5-13/h1-5H,6-12H2,(H,19,22). The van der Waals surface area contributed by atoms with Crippen molar-refractivity contribution in [1.82, 2.24) is 15.2 Å². The van der Waals surface area contributed by atoms with Crippen LogP contribution in [-0.2, 0) is 20.8 Å². The maximum atomic E-state index is 12.4. The molecule has 3 rings (SSSR count). The predicted molar refractivity (Wildman–Crippen MR) is 88.1 cm³/mol. The van der Waals surface area contributed by atoms with E-state index < -0.39 is 0 Å². The summed E-state index contributed by atoms with van der Waals surface area (Å²) in [5.41, 5.74) is 3.72. The van der Waals surface area contributed by atoms with Gasteiger partial charge in [-0.3, -0.25) is 14.4 Å². The van der Waals surface area contributed by atoms with Crippen molar-refractivity contribution < 1.29 is 14.4 Å². The maximum absolute atomic E-state index is 12.4. The van der Waals surface area contributed by atoms with Crippen LogP contribution in [0.15, 0.2) is 35.4 Å². The third kappa shape index (κ3) is 3.79. The molecule has 1 aromatic carbocycles. The van der Waals surface area contributed by atoms with Gasteiger partial charge in [0.05, 0.1) is 6.42 Å². The summed E-state index contributed by atoms with van der Waals surface area (Å²) in [6, 6.07) is 9.64. The number of carbonyl (C=O) groups excluding carboxylic acids is 3. The van der Waals surface area contributed by atoms with E-state index in [1.807, 2.05) is 30.3 Å². The van der Waals surface area contributed by atoms with E-state index in [2.05, 4.69) is 10.5 Å². The number of nitrogens with zero attached hydrogens (tertiary/aromatic N) is 3. The van der Waals surface area contributed by atoms with Crippen LogP contribution < -0.4 is 5.43 Å². The monoisotopic (exact) mass is 328 g/mol. The average Bonchev–Trinajstić information content (AvgIpc) is 2.63. The number of hydrazone groups is 1. The summed E-state index contributed by atoms with van der Waals surface area (Å²) in [5, 5.41) is 3.84. The zero-order chi connectivity index (χ0) is 16.9. The molecular formula is C17H20N4O3. The van der Waals surface area contributed by atoms with E-state index >= 15 is 0 Å². The van der Waals surface area contributed by atoms with Crippen molar-refractivity contribution >= 4 is 23.4 Å². The van der Waals surface area contributed by atoms with Gasteiger partial charge >= 0.3 is 0 Å². The Hall–Kier alpha value is -2.70. The highest BCUT2D eigenvalue weighted by molar-refractivity contribution is 6.39. The molecule has 1 fully saturated rings. The lowest BCUT2D eigenvalue weighted by atomic mass is 10.1. The van der Waals surface area contributed by atoms with Gasteiger partial charge in [-0.15, -0.1) is 0 Å². The highest BCUT2D eigenvalue weighted by atomic mass is 16.2. The van der Waals surface area contributed by atoms with Crippen LogP contribution in [0.25, 0.3) is 0 Å². The van der Waals surface area contributed by atoms with Crippen molar-refractivity contribution in [1.29, 1.82) is 0 Å². The second-order valence-corrected chi connectivity index (χ2v) is 5.93. The first-order chi connectivity index (χ1) is 11.6. The number of carbonyl (C=O) groups is 3. The summed E-state index contributed by atoms with van der Waals surface area (Å²) < 4.78 is 0. The predicted octanol–water partition coefficient (Wildman–Crippen LogP) is 0.166. The molecule has 0 bridgehead atoms. The number of piperazine rings is 1. The lowest BCUT2D eigenvalue weighted by molar-refractivity contribution is -0.136. The third-order valence-corrected chi connectivity index (χ3v) is 4.27. The molecular weight excluding hydrogens is 308 g/mol. The van der Waals surface area contributed by atoms with E-state index in [0.29, 0.717) is 51.2 Å². The van der Waals surface area contributed by atoms with Crippen LogP contribution in [0, 0.1) is 0 Å². The van der Waals surface area contributed by atoms with Crippen molar-refractivity contribution in [3.63, 3.8) is 0 Å². The van der Waals surface area contributed by atoms with Gasteiger partial charge in [-0.1, -0.05) is 30.3 Å². The molecule has 24 heavy (non-hydrogen) atoms. The SMILES string of the molecule is O=C1CCC(C(=O)N2CCN(C(=O)Cc3ccccc3)CC2)=NN1. The molecule has 7 heteroatoms. The molecule has 0 aromatic heterocycles. The van der Waals surface area contributed by atoms with Crippen molar-refractivity contribution in [2.75, 3.05) is 26.2 Å². The molecule has 0 saturated carbocycles. The van der Waals surface area contributed by atoms with Crippen LogP contribution in [0.4, 0.5) is 0 Å². The average molecular weight is 328 g/mol. The normalized spacial score (nSPS) is 18.0. The fourth-order valence-corrected chi connectivity index (χ4v) is 2.85. The fourth-order valence-electron chi connectivity index (χ4n) is 2.85. The first kappa shape index (κ1) is 16.2. The van der Waals surface area contributed by atoms with Crippen LogP contribution in [0.3, 0.4) is 0 Å². The number of nitrogens with one attached hydrogen (secondary N) is 1. The number of benzene rings is 1. The van der Waals surface area contributed by atoms with Crippen molar-refractivity contribution in [2.45, 2.75) is 19.3 Å². The molecule has 0 radical (unpaired) electrons. The first-order valence-corrected chi connectivity index (χ1v) is 8.10. The molecule has 1 aromatic rings. The van der Waals surface area contributed by atoms with Crippen molar-refractivity contribution in [2.24, 2.45) is 5.10 Å². The van der Waals surface area contributed by atoms with Gasteiger partial charge in [0.25, 0.3) is 5.91 Å². The molecule has 126 valence electrons. The van der Waals surface area contributed by atoms with Crippen LogP contribution in [-0.4, -0.2) is 59.4 Å². The summed E-state index contributed by atoms with van der Waals surface area (Å²) in [5.74, 6) is -0.233. The summed E-state index contributed by atoms with van der Waals surface area (Å²) >= 11 is 0. The van der Waals surface area contributed by atoms with E-state index in [-0.39, 0.29) is 17.7 Å². The summed E-state index contributed by atoms with van der Waals surface area (Å²) in [4.78, 5) is 39.3. The minimum atomic E-state index is -0.164. The van der Waals surface area contributed by atoms with Crippen LogP contribution in [0.1, 0.15) is 18.4 Å². The number of hydrogen-bond acceptors (Lipinski definition) is 4. The molecule has 0 spiro atoms. The van der Waals surface area contributed by atoms with Crippen LogP contribution in [0.5, 0.6) is 0 Å². The van der Waals surface area contributed by atoms with E-state index in [1.54, 1.807) is 9.80 Å². The smallest absolute Gasteiger partial charge is 0.270 e. The Morgan fingerprint density at radius 2 is 1.67 bits per heavy atom. The molecule has 3 amide bonds. The molecule has 0 aliphatic carbocycles. The zero-order valence-corrected chi connectivity index (χ0v) is 13.4. The minimum absolute atomic E-state index is 0.0792. The molecule has 0 unspecified atom stereocenters. The maximum Gasteiger partial charge on any atom is 0.270 e. The molecule has 2 heterocycles. The van der Waals surface area contributed by atoms with E-state index in [9.17, 15) is 14.4 Å². The summed E-state index contributed by atoms with van der Waals surface area (Å²) in [6.45, 7) is 2.03. The fraction of sp³-hybridized carbons (Fsp3) is 0.412.